The van der Waals surface area contributed by atoms with Gasteiger partial charge in [-0.3, -0.25) is 0 Å². The van der Waals surface area contributed by atoms with Crippen molar-refractivity contribution in [3.05, 3.63) is 44.8 Å². The van der Waals surface area contributed by atoms with Gasteiger partial charge in [-0.25, -0.2) is 4.98 Å². The first kappa shape index (κ1) is 11.2. The Morgan fingerprint density at radius 1 is 1.47 bits per heavy atom. The van der Waals surface area contributed by atoms with E-state index in [1.54, 1.807) is 17.5 Å². The van der Waals surface area contributed by atoms with Crippen molar-refractivity contribution in [1.82, 2.24) is 4.98 Å². The standard InChI is InChI=1S/C12H11BrN2OS/c13-7-1-2-8-9(14)6-11(16-10(8)5-7)12-15-3-4-17-12/h1-5,9,11H,6,14H2/t9-,11?/m1/s1. The Labute approximate surface area is 112 Å². The number of fused-ring (bicyclic) bond motifs is 1. The van der Waals surface area contributed by atoms with Gasteiger partial charge in [0.1, 0.15) is 10.8 Å². The van der Waals surface area contributed by atoms with Crippen LogP contribution in [0.25, 0.3) is 0 Å². The van der Waals surface area contributed by atoms with Crippen LogP contribution in [0.15, 0.2) is 34.2 Å². The maximum Gasteiger partial charge on any atom is 0.152 e. The summed E-state index contributed by atoms with van der Waals surface area (Å²) in [5.41, 5.74) is 7.24. The summed E-state index contributed by atoms with van der Waals surface area (Å²) >= 11 is 5.05. The van der Waals surface area contributed by atoms with Gasteiger partial charge in [0, 0.05) is 34.1 Å². The van der Waals surface area contributed by atoms with Gasteiger partial charge in [0.05, 0.1) is 0 Å². The van der Waals surface area contributed by atoms with Crippen molar-refractivity contribution in [3.63, 3.8) is 0 Å². The average molecular weight is 311 g/mol. The van der Waals surface area contributed by atoms with Gasteiger partial charge in [-0.05, 0) is 12.1 Å². The molecule has 0 spiro atoms. The number of thiazole rings is 1. The smallest absolute Gasteiger partial charge is 0.152 e. The minimum atomic E-state index is -0.0215. The number of benzene rings is 1. The molecule has 0 fully saturated rings. The predicted molar refractivity (Wildman–Crippen MR) is 71.2 cm³/mol. The molecule has 0 aliphatic carbocycles. The molecule has 0 saturated heterocycles. The maximum absolute atomic E-state index is 6.17. The lowest BCUT2D eigenvalue weighted by molar-refractivity contribution is 0.161. The number of aromatic nitrogens is 1. The molecule has 2 aromatic rings. The fourth-order valence-electron chi connectivity index (χ4n) is 2.02. The van der Waals surface area contributed by atoms with Gasteiger partial charge in [-0.15, -0.1) is 11.3 Å². The molecule has 1 aliphatic heterocycles. The van der Waals surface area contributed by atoms with Gasteiger partial charge in [-0.1, -0.05) is 22.0 Å². The molecule has 5 heteroatoms. The molecule has 0 amide bonds. The van der Waals surface area contributed by atoms with Gasteiger partial charge in [-0.2, -0.15) is 0 Å². The highest BCUT2D eigenvalue weighted by molar-refractivity contribution is 9.10. The van der Waals surface area contributed by atoms with Crippen molar-refractivity contribution in [2.75, 3.05) is 0 Å². The van der Waals surface area contributed by atoms with Crippen LogP contribution in [0.1, 0.15) is 29.1 Å². The van der Waals surface area contributed by atoms with E-state index in [-0.39, 0.29) is 12.1 Å². The molecule has 0 bridgehead atoms. The molecule has 3 nitrogen and oxygen atoms in total. The van der Waals surface area contributed by atoms with Gasteiger partial charge in [0.15, 0.2) is 6.10 Å². The zero-order chi connectivity index (χ0) is 11.8. The number of rotatable bonds is 1. The summed E-state index contributed by atoms with van der Waals surface area (Å²) < 4.78 is 6.97. The van der Waals surface area contributed by atoms with Crippen molar-refractivity contribution in [1.29, 1.82) is 0 Å². The number of ether oxygens (including phenoxy) is 1. The first-order chi connectivity index (χ1) is 8.24. The molecule has 1 aliphatic rings. The zero-order valence-electron chi connectivity index (χ0n) is 8.97. The Balaban J connectivity index is 1.97. The molecular formula is C12H11BrN2OS. The number of halogens is 1. The molecule has 0 saturated carbocycles. The Hall–Kier alpha value is -0.910. The third-order valence-corrected chi connectivity index (χ3v) is 4.20. The van der Waals surface area contributed by atoms with Crippen LogP contribution in [0.3, 0.4) is 0 Å². The van der Waals surface area contributed by atoms with Crippen molar-refractivity contribution in [3.8, 4) is 5.75 Å². The van der Waals surface area contributed by atoms with Crippen LogP contribution in [0.5, 0.6) is 5.75 Å². The Kier molecular flexibility index (Phi) is 2.90. The predicted octanol–water partition coefficient (Wildman–Crippen LogP) is 3.43. The second-order valence-electron chi connectivity index (χ2n) is 4.00. The normalized spacial score (nSPS) is 22.9. The summed E-state index contributed by atoms with van der Waals surface area (Å²) in [6.45, 7) is 0. The highest BCUT2D eigenvalue weighted by Crippen LogP contribution is 2.41. The molecular weight excluding hydrogens is 300 g/mol. The van der Waals surface area contributed by atoms with Crippen LogP contribution in [0.2, 0.25) is 0 Å². The molecule has 1 aromatic heterocycles. The first-order valence-corrected chi connectivity index (χ1v) is 7.02. The van der Waals surface area contributed by atoms with E-state index >= 15 is 0 Å². The number of hydrogen-bond donors (Lipinski definition) is 1. The molecule has 2 N–H and O–H groups in total. The quantitative estimate of drug-likeness (QED) is 0.878. The summed E-state index contributed by atoms with van der Waals surface area (Å²) in [6, 6.07) is 5.99. The molecule has 2 heterocycles. The molecule has 88 valence electrons. The Bertz CT molecular complexity index is 529. The largest absolute Gasteiger partial charge is 0.483 e. The maximum atomic E-state index is 6.17. The fraction of sp³-hybridized carbons (Fsp3) is 0.250. The van der Waals surface area contributed by atoms with E-state index in [4.69, 9.17) is 10.5 Å². The van der Waals surface area contributed by atoms with Crippen LogP contribution in [-0.4, -0.2) is 4.98 Å². The lowest BCUT2D eigenvalue weighted by Gasteiger charge is -2.29. The topological polar surface area (TPSA) is 48.1 Å². The van der Waals surface area contributed by atoms with Crippen molar-refractivity contribution in [2.24, 2.45) is 5.73 Å². The summed E-state index contributed by atoms with van der Waals surface area (Å²) in [4.78, 5) is 4.30. The fourth-order valence-corrected chi connectivity index (χ4v) is 3.04. The Morgan fingerprint density at radius 3 is 3.12 bits per heavy atom. The second-order valence-corrected chi connectivity index (χ2v) is 5.84. The van der Waals surface area contributed by atoms with E-state index in [1.165, 1.54) is 0 Å². The SMILES string of the molecule is N[C@@H]1CC(c2nccs2)Oc2cc(Br)ccc21. The van der Waals surface area contributed by atoms with Crippen LogP contribution >= 0.6 is 27.3 Å². The summed E-state index contributed by atoms with van der Waals surface area (Å²) in [7, 11) is 0. The minimum Gasteiger partial charge on any atom is -0.483 e. The van der Waals surface area contributed by atoms with E-state index < -0.39 is 0 Å². The van der Waals surface area contributed by atoms with Crippen LogP contribution < -0.4 is 10.5 Å². The van der Waals surface area contributed by atoms with Crippen molar-refractivity contribution >= 4 is 27.3 Å². The molecule has 2 atom stereocenters. The van der Waals surface area contributed by atoms with Crippen LogP contribution in [0, 0.1) is 0 Å². The summed E-state index contributed by atoms with van der Waals surface area (Å²) in [6.07, 6.45) is 2.56. The van der Waals surface area contributed by atoms with Crippen molar-refractivity contribution in [2.45, 2.75) is 18.6 Å². The van der Waals surface area contributed by atoms with Crippen LogP contribution in [0.4, 0.5) is 0 Å². The number of hydrogen-bond acceptors (Lipinski definition) is 4. The van der Waals surface area contributed by atoms with E-state index in [0.717, 1.165) is 27.2 Å². The van der Waals surface area contributed by atoms with Gasteiger partial charge in [0.2, 0.25) is 0 Å². The zero-order valence-corrected chi connectivity index (χ0v) is 11.4. The van der Waals surface area contributed by atoms with Gasteiger partial charge >= 0.3 is 0 Å². The molecule has 17 heavy (non-hydrogen) atoms. The molecule has 0 radical (unpaired) electrons. The lowest BCUT2D eigenvalue weighted by atomic mass is 9.97. The van der Waals surface area contributed by atoms with E-state index in [9.17, 15) is 0 Å². The second kappa shape index (κ2) is 4.40. The van der Waals surface area contributed by atoms with E-state index in [0.29, 0.717) is 0 Å². The molecule has 1 aromatic carbocycles. The summed E-state index contributed by atoms with van der Waals surface area (Å²) in [5.74, 6) is 0.860. The van der Waals surface area contributed by atoms with E-state index in [2.05, 4.69) is 20.9 Å². The highest BCUT2D eigenvalue weighted by atomic mass is 79.9. The summed E-state index contributed by atoms with van der Waals surface area (Å²) in [5, 5.41) is 2.95. The van der Waals surface area contributed by atoms with Crippen molar-refractivity contribution < 1.29 is 4.74 Å². The monoisotopic (exact) mass is 310 g/mol. The first-order valence-electron chi connectivity index (χ1n) is 5.35. The highest BCUT2D eigenvalue weighted by Gasteiger charge is 2.28. The van der Waals surface area contributed by atoms with E-state index in [1.807, 2.05) is 23.6 Å². The molecule has 3 rings (SSSR count). The Morgan fingerprint density at radius 2 is 2.35 bits per heavy atom. The van der Waals surface area contributed by atoms with Gasteiger partial charge in [0.25, 0.3) is 0 Å². The average Bonchev–Trinajstić information content (AvgIpc) is 2.81. The van der Waals surface area contributed by atoms with Crippen LogP contribution in [-0.2, 0) is 0 Å². The number of nitrogens with zero attached hydrogens (tertiary/aromatic N) is 1. The lowest BCUT2D eigenvalue weighted by Crippen LogP contribution is -2.24. The minimum absolute atomic E-state index is 0.0146. The third-order valence-electron chi connectivity index (χ3n) is 2.84. The third kappa shape index (κ3) is 2.10. The molecule has 1 unspecified atom stereocenters. The van der Waals surface area contributed by atoms with Gasteiger partial charge < -0.3 is 10.5 Å². The number of nitrogens with two attached hydrogens (primary N) is 1.